The molecule has 2 rings (SSSR count). The predicted octanol–water partition coefficient (Wildman–Crippen LogP) is 1.80. The Morgan fingerprint density at radius 3 is 2.43 bits per heavy atom. The average Bonchev–Trinajstić information content (AvgIpc) is 2.73. The number of nitrogens with zero attached hydrogens (tertiary/aromatic N) is 2. The first-order chi connectivity index (χ1) is 6.57. The molecular weight excluding hydrogens is 212 g/mol. The van der Waals surface area contributed by atoms with Crippen molar-refractivity contribution in [2.24, 2.45) is 0 Å². The van der Waals surface area contributed by atoms with Crippen LogP contribution in [0.25, 0.3) is 0 Å². The minimum atomic E-state index is -4.93. The van der Waals surface area contributed by atoms with E-state index >= 15 is 0 Å². The fourth-order valence-electron chi connectivity index (χ4n) is 1.48. The van der Waals surface area contributed by atoms with E-state index in [0.29, 0.717) is 5.13 Å². The fraction of sp³-hybridized carbons (Fsp3) is 0.571. The quantitative estimate of drug-likeness (QED) is 0.708. The van der Waals surface area contributed by atoms with Crippen LogP contribution >= 0.6 is 11.3 Å². The first-order valence-corrected chi connectivity index (χ1v) is 5.35. The lowest BCUT2D eigenvalue weighted by Crippen LogP contribution is -2.35. The third-order valence-corrected chi connectivity index (χ3v) is 3.14. The Balaban J connectivity index is 2.17. The summed E-state index contributed by atoms with van der Waals surface area (Å²) in [6, 6.07) is 0. The van der Waals surface area contributed by atoms with Gasteiger partial charge in [0.05, 0.1) is 0 Å². The zero-order valence-electron chi connectivity index (χ0n) is 7.42. The summed E-state index contributed by atoms with van der Waals surface area (Å²) >= 11 is 1.08. The summed E-state index contributed by atoms with van der Waals surface area (Å²) in [4.78, 5) is 5.52. The summed E-state index contributed by atoms with van der Waals surface area (Å²) in [5.41, 5.74) is -0.711. The molecule has 1 aliphatic rings. The molecule has 0 atom stereocenters. The van der Waals surface area contributed by atoms with E-state index in [1.54, 1.807) is 0 Å². The van der Waals surface area contributed by atoms with Gasteiger partial charge in [0.15, 0.2) is 5.13 Å². The van der Waals surface area contributed by atoms with Crippen molar-refractivity contribution in [3.05, 3.63) is 5.38 Å². The zero-order valence-corrected chi connectivity index (χ0v) is 8.24. The molecule has 0 saturated carbocycles. The lowest BCUT2D eigenvalue weighted by atomic mass is 9.88. The van der Waals surface area contributed by atoms with E-state index in [0.717, 1.165) is 42.6 Å². The first kappa shape index (κ1) is 9.83. The second kappa shape index (κ2) is 3.45. The maximum absolute atomic E-state index is 12.3. The summed E-state index contributed by atoms with van der Waals surface area (Å²) in [5.74, 6) is 0. The number of anilines is 1. The molecule has 0 aliphatic carbocycles. The van der Waals surface area contributed by atoms with Crippen molar-refractivity contribution in [3.8, 4) is 0 Å². The lowest BCUT2D eigenvalue weighted by Gasteiger charge is -2.14. The summed E-state index contributed by atoms with van der Waals surface area (Å²) in [5, 5.41) is 1.62. The third kappa shape index (κ3) is 1.87. The molecule has 1 saturated heterocycles. The largest absolute Gasteiger partial charge is 0.528 e. The van der Waals surface area contributed by atoms with Crippen molar-refractivity contribution in [2.75, 3.05) is 18.0 Å². The molecule has 1 aliphatic heterocycles. The molecule has 0 spiro atoms. The molecule has 7 heteroatoms. The molecule has 14 heavy (non-hydrogen) atoms. The van der Waals surface area contributed by atoms with Gasteiger partial charge < -0.3 is 17.8 Å². The average molecular weight is 221 g/mol. The van der Waals surface area contributed by atoms with Gasteiger partial charge >= 0.3 is 6.98 Å². The summed E-state index contributed by atoms with van der Waals surface area (Å²) in [7, 11) is 0. The molecule has 0 amide bonds. The van der Waals surface area contributed by atoms with E-state index in [9.17, 15) is 12.9 Å². The zero-order chi connectivity index (χ0) is 10.2. The van der Waals surface area contributed by atoms with Crippen molar-refractivity contribution in [1.82, 2.24) is 4.98 Å². The molecular formula is C7H9BF3N2S-. The van der Waals surface area contributed by atoms with Crippen LogP contribution in [-0.2, 0) is 0 Å². The van der Waals surface area contributed by atoms with E-state index in [4.69, 9.17) is 0 Å². The van der Waals surface area contributed by atoms with Crippen LogP contribution in [0.4, 0.5) is 18.1 Å². The maximum atomic E-state index is 12.3. The number of hydrogen-bond acceptors (Lipinski definition) is 3. The van der Waals surface area contributed by atoms with Crippen LogP contribution in [0, 0.1) is 0 Å². The molecule has 0 aromatic carbocycles. The number of halogens is 3. The lowest BCUT2D eigenvalue weighted by molar-refractivity contribution is 0.499. The highest BCUT2D eigenvalue weighted by Crippen LogP contribution is 2.23. The van der Waals surface area contributed by atoms with Gasteiger partial charge in [-0.3, -0.25) is 4.98 Å². The first-order valence-electron chi connectivity index (χ1n) is 4.48. The van der Waals surface area contributed by atoms with Crippen LogP contribution in [0.15, 0.2) is 5.38 Å². The van der Waals surface area contributed by atoms with Gasteiger partial charge in [0.25, 0.3) is 0 Å². The SMILES string of the molecule is F[B-](F)(F)c1csc(N2CCCC2)n1. The number of rotatable bonds is 2. The van der Waals surface area contributed by atoms with Gasteiger partial charge in [0, 0.05) is 13.1 Å². The van der Waals surface area contributed by atoms with Crippen molar-refractivity contribution in [2.45, 2.75) is 12.8 Å². The summed E-state index contributed by atoms with van der Waals surface area (Å²) < 4.78 is 36.8. The standard InChI is InChI=1S/C7H9BF3N2S/c9-8(10,11)6-5-14-7(12-6)13-3-1-2-4-13/h5H,1-4H2/q-1. The van der Waals surface area contributed by atoms with Crippen molar-refractivity contribution in [3.63, 3.8) is 0 Å². The van der Waals surface area contributed by atoms with Crippen LogP contribution in [-0.4, -0.2) is 25.1 Å². The highest BCUT2D eigenvalue weighted by molar-refractivity contribution is 7.15. The van der Waals surface area contributed by atoms with E-state index in [1.165, 1.54) is 0 Å². The van der Waals surface area contributed by atoms with Crippen molar-refractivity contribution >= 4 is 29.0 Å². The van der Waals surface area contributed by atoms with Gasteiger partial charge in [0.2, 0.25) is 0 Å². The molecule has 1 aromatic heterocycles. The van der Waals surface area contributed by atoms with Crippen LogP contribution in [0.5, 0.6) is 0 Å². The van der Waals surface area contributed by atoms with Crippen molar-refractivity contribution in [1.29, 1.82) is 0 Å². The predicted molar refractivity (Wildman–Crippen MR) is 52.3 cm³/mol. The monoisotopic (exact) mass is 221 g/mol. The Hall–Kier alpha value is -0.715. The molecule has 78 valence electrons. The number of hydrogen-bond donors (Lipinski definition) is 0. The molecule has 1 aromatic rings. The molecule has 0 radical (unpaired) electrons. The van der Waals surface area contributed by atoms with Gasteiger partial charge in [-0.2, -0.15) is 0 Å². The Kier molecular flexibility index (Phi) is 2.42. The fourth-order valence-corrected chi connectivity index (χ4v) is 2.40. The Bertz CT molecular complexity index is 319. The minimum absolute atomic E-state index is 0.511. The van der Waals surface area contributed by atoms with Crippen LogP contribution in [0.3, 0.4) is 0 Å². The van der Waals surface area contributed by atoms with Crippen LogP contribution in [0.1, 0.15) is 12.8 Å². The van der Waals surface area contributed by atoms with Gasteiger partial charge in [-0.25, -0.2) is 0 Å². The Labute approximate surface area is 83.8 Å². The van der Waals surface area contributed by atoms with Crippen LogP contribution in [0.2, 0.25) is 0 Å². The normalized spacial score (nSPS) is 17.8. The molecule has 0 N–H and O–H groups in total. The maximum Gasteiger partial charge on any atom is 0.528 e. The van der Waals surface area contributed by atoms with E-state index in [1.807, 2.05) is 4.90 Å². The van der Waals surface area contributed by atoms with Crippen LogP contribution < -0.4 is 10.5 Å². The van der Waals surface area contributed by atoms with Gasteiger partial charge in [-0.05, 0) is 23.8 Å². The van der Waals surface area contributed by atoms with E-state index in [2.05, 4.69) is 4.98 Å². The molecule has 0 unspecified atom stereocenters. The molecule has 2 heterocycles. The smallest absolute Gasteiger partial charge is 0.444 e. The van der Waals surface area contributed by atoms with Gasteiger partial charge in [-0.1, -0.05) is 0 Å². The second-order valence-corrected chi connectivity index (χ2v) is 4.16. The van der Waals surface area contributed by atoms with E-state index in [-0.39, 0.29) is 0 Å². The second-order valence-electron chi connectivity index (χ2n) is 3.32. The number of aromatic nitrogens is 1. The highest BCUT2D eigenvalue weighted by Gasteiger charge is 2.29. The number of thiazole rings is 1. The molecule has 1 fully saturated rings. The Morgan fingerprint density at radius 1 is 1.29 bits per heavy atom. The summed E-state index contributed by atoms with van der Waals surface area (Å²) in [6.07, 6.45) is 2.10. The highest BCUT2D eigenvalue weighted by atomic mass is 32.1. The molecule has 0 bridgehead atoms. The topological polar surface area (TPSA) is 16.1 Å². The van der Waals surface area contributed by atoms with E-state index < -0.39 is 12.6 Å². The van der Waals surface area contributed by atoms with Gasteiger partial charge in [-0.15, -0.1) is 11.3 Å². The third-order valence-electron chi connectivity index (χ3n) is 2.22. The summed E-state index contributed by atoms with van der Waals surface area (Å²) in [6.45, 7) is -3.27. The van der Waals surface area contributed by atoms with Gasteiger partial charge in [0.1, 0.15) is 0 Å². The Morgan fingerprint density at radius 2 is 1.93 bits per heavy atom. The van der Waals surface area contributed by atoms with Crippen molar-refractivity contribution < 1.29 is 12.9 Å². The molecule has 2 nitrogen and oxygen atoms in total. The minimum Gasteiger partial charge on any atom is -0.444 e.